The lowest BCUT2D eigenvalue weighted by Crippen LogP contribution is -2.30. The van der Waals surface area contributed by atoms with E-state index in [1.807, 2.05) is 0 Å². The summed E-state index contributed by atoms with van der Waals surface area (Å²) in [5.74, 6) is 0. The predicted molar refractivity (Wildman–Crippen MR) is 57.3 cm³/mol. The van der Waals surface area contributed by atoms with Crippen LogP contribution in [0.1, 0.15) is 19.4 Å². The molecule has 1 aromatic heterocycles. The van der Waals surface area contributed by atoms with Gasteiger partial charge in [-0.3, -0.25) is 0 Å². The fourth-order valence-corrected chi connectivity index (χ4v) is 0.935. The summed E-state index contributed by atoms with van der Waals surface area (Å²) in [5.41, 5.74) is 1.41. The van der Waals surface area contributed by atoms with Gasteiger partial charge in [0.15, 0.2) is 12.4 Å². The first-order valence-corrected chi connectivity index (χ1v) is 6.57. The Kier molecular flexibility index (Phi) is 6.12. The second-order valence-electron chi connectivity index (χ2n) is 3.09. The molecule has 86 valence electrons. The number of nitrogens with zero attached hydrogens (tertiary/aromatic N) is 1. The van der Waals surface area contributed by atoms with E-state index < -0.39 is 10.1 Å². The maximum Gasteiger partial charge on any atom is 0.169 e. The van der Waals surface area contributed by atoms with E-state index in [1.165, 1.54) is 5.56 Å². The van der Waals surface area contributed by atoms with Crippen molar-refractivity contribution in [3.05, 3.63) is 30.1 Å². The van der Waals surface area contributed by atoms with Crippen LogP contribution in [0.15, 0.2) is 24.5 Å². The van der Waals surface area contributed by atoms with Crippen LogP contribution in [0.5, 0.6) is 0 Å². The third-order valence-electron chi connectivity index (χ3n) is 1.73. The van der Waals surface area contributed by atoms with E-state index in [2.05, 4.69) is 42.9 Å². The van der Waals surface area contributed by atoms with Crippen molar-refractivity contribution >= 4 is 10.1 Å². The molecule has 0 fully saturated rings. The van der Waals surface area contributed by atoms with E-state index in [0.29, 0.717) is 6.26 Å². The summed E-state index contributed by atoms with van der Waals surface area (Å²) in [6.45, 7) is 5.38. The highest BCUT2D eigenvalue weighted by Gasteiger charge is 1.93. The molecule has 0 bridgehead atoms. The normalized spacial score (nSPS) is 10.4. The summed E-state index contributed by atoms with van der Waals surface area (Å²) in [5, 5.41) is 0. The van der Waals surface area contributed by atoms with Gasteiger partial charge in [-0.15, -0.1) is 0 Å². The number of hydrogen-bond acceptors (Lipinski definition) is 3. The maximum atomic E-state index is 9.08. The predicted octanol–water partition coefficient (Wildman–Crippen LogP) is 0.718. The molecule has 0 unspecified atom stereocenters. The van der Waals surface area contributed by atoms with Gasteiger partial charge in [-0.2, -0.15) is 0 Å². The lowest BCUT2D eigenvalue weighted by Gasteiger charge is -1.93. The Bertz CT molecular complexity index is 339. The molecule has 0 N–H and O–H groups in total. The van der Waals surface area contributed by atoms with Crippen molar-refractivity contribution in [3.63, 3.8) is 0 Å². The van der Waals surface area contributed by atoms with Crippen LogP contribution in [0, 0.1) is 0 Å². The molecule has 0 saturated carbocycles. The monoisotopic (exact) mass is 231 g/mol. The van der Waals surface area contributed by atoms with Gasteiger partial charge in [-0.1, -0.05) is 6.92 Å². The number of hydrogen-bond donors (Lipinski definition) is 0. The maximum absolute atomic E-state index is 9.08. The number of aromatic nitrogens is 1. The molecule has 0 aromatic carbocycles. The van der Waals surface area contributed by atoms with Gasteiger partial charge in [0.05, 0.1) is 10.1 Å². The van der Waals surface area contributed by atoms with Crippen LogP contribution in [0.4, 0.5) is 0 Å². The molecule has 4 nitrogen and oxygen atoms in total. The first-order chi connectivity index (χ1) is 6.86. The Morgan fingerprint density at radius 3 is 1.93 bits per heavy atom. The standard InChI is InChI=1S/C9H14N.CH4O3S/c1-3-9-5-7-10(4-2)8-6-9;1-5(2,3)4/h5-8H,3-4H2,1-2H3;1H3,(H,2,3,4)/q+1;/p-1. The topological polar surface area (TPSA) is 61.1 Å². The lowest BCUT2D eigenvalue weighted by molar-refractivity contribution is -0.693. The van der Waals surface area contributed by atoms with Gasteiger partial charge in [0.1, 0.15) is 6.54 Å². The molecule has 0 amide bonds. The van der Waals surface area contributed by atoms with Crippen LogP contribution in [-0.4, -0.2) is 19.2 Å². The summed E-state index contributed by atoms with van der Waals surface area (Å²) >= 11 is 0. The first kappa shape index (κ1) is 14.1. The van der Waals surface area contributed by atoms with Crippen LogP contribution in [0.3, 0.4) is 0 Å². The van der Waals surface area contributed by atoms with Crippen molar-refractivity contribution in [2.24, 2.45) is 0 Å². The Labute approximate surface area is 91.3 Å². The third kappa shape index (κ3) is 9.37. The van der Waals surface area contributed by atoms with Crippen molar-refractivity contribution in [1.82, 2.24) is 0 Å². The fraction of sp³-hybridized carbons (Fsp3) is 0.500. The highest BCUT2D eigenvalue weighted by Crippen LogP contribution is 1.94. The zero-order valence-electron chi connectivity index (χ0n) is 9.30. The van der Waals surface area contributed by atoms with Gasteiger partial charge in [0.2, 0.25) is 0 Å². The van der Waals surface area contributed by atoms with Gasteiger partial charge < -0.3 is 4.55 Å². The van der Waals surface area contributed by atoms with Gasteiger partial charge in [-0.25, -0.2) is 13.0 Å². The zero-order chi connectivity index (χ0) is 11.9. The molecule has 5 heteroatoms. The Hall–Kier alpha value is -0.940. The minimum atomic E-state index is -3.92. The highest BCUT2D eigenvalue weighted by atomic mass is 32.2. The third-order valence-corrected chi connectivity index (χ3v) is 1.73. The van der Waals surface area contributed by atoms with Gasteiger partial charge in [-0.05, 0) is 18.9 Å². The first-order valence-electron chi connectivity index (χ1n) is 4.75. The highest BCUT2D eigenvalue weighted by molar-refractivity contribution is 7.84. The van der Waals surface area contributed by atoms with Crippen LogP contribution in [0.2, 0.25) is 0 Å². The molecule has 1 rings (SSSR count). The smallest absolute Gasteiger partial charge is 0.169 e. The average Bonchev–Trinajstić information content (AvgIpc) is 2.15. The zero-order valence-corrected chi connectivity index (χ0v) is 10.1. The fourth-order valence-electron chi connectivity index (χ4n) is 0.935. The largest absolute Gasteiger partial charge is 0.748 e. The summed E-state index contributed by atoms with van der Waals surface area (Å²) in [6, 6.07) is 4.34. The van der Waals surface area contributed by atoms with Crippen LogP contribution >= 0.6 is 0 Å². The Morgan fingerprint density at radius 1 is 1.27 bits per heavy atom. The van der Waals surface area contributed by atoms with Crippen LogP contribution in [-0.2, 0) is 23.1 Å². The molecule has 0 aliphatic carbocycles. The quantitative estimate of drug-likeness (QED) is 0.556. The molecule has 0 atom stereocenters. The second-order valence-corrected chi connectivity index (χ2v) is 4.50. The van der Waals surface area contributed by atoms with E-state index >= 15 is 0 Å². The molecule has 0 aliphatic rings. The summed E-state index contributed by atoms with van der Waals surface area (Å²) in [7, 11) is -3.92. The molecule has 0 spiro atoms. The van der Waals surface area contributed by atoms with E-state index in [9.17, 15) is 0 Å². The average molecular weight is 231 g/mol. The van der Waals surface area contributed by atoms with E-state index in [-0.39, 0.29) is 0 Å². The summed E-state index contributed by atoms with van der Waals surface area (Å²) in [6.07, 6.45) is 5.98. The molecule has 1 aromatic rings. The minimum absolute atomic E-state index is 0.604. The summed E-state index contributed by atoms with van der Waals surface area (Å²) in [4.78, 5) is 0. The van der Waals surface area contributed by atoms with E-state index in [4.69, 9.17) is 13.0 Å². The molecule has 15 heavy (non-hydrogen) atoms. The van der Waals surface area contributed by atoms with Crippen molar-refractivity contribution in [1.29, 1.82) is 0 Å². The summed E-state index contributed by atoms with van der Waals surface area (Å²) < 4.78 is 29.4. The van der Waals surface area contributed by atoms with Gasteiger partial charge in [0.25, 0.3) is 0 Å². The SMILES string of the molecule is CCc1cc[n+](CC)cc1.CS(=O)(=O)[O-]. The number of aryl methyl sites for hydroxylation is 2. The number of rotatable bonds is 2. The molecular weight excluding hydrogens is 214 g/mol. The molecule has 0 saturated heterocycles. The molecule has 1 heterocycles. The van der Waals surface area contributed by atoms with Gasteiger partial charge in [0, 0.05) is 18.4 Å². The van der Waals surface area contributed by atoms with E-state index in [1.54, 1.807) is 0 Å². The Morgan fingerprint density at radius 2 is 1.67 bits per heavy atom. The van der Waals surface area contributed by atoms with Crippen molar-refractivity contribution in [2.45, 2.75) is 26.8 Å². The van der Waals surface area contributed by atoms with Crippen LogP contribution < -0.4 is 4.57 Å². The van der Waals surface area contributed by atoms with Gasteiger partial charge >= 0.3 is 0 Å². The van der Waals surface area contributed by atoms with Crippen molar-refractivity contribution in [2.75, 3.05) is 6.26 Å². The molecule has 0 radical (unpaired) electrons. The second kappa shape index (κ2) is 6.53. The van der Waals surface area contributed by atoms with E-state index in [0.717, 1.165) is 13.0 Å². The van der Waals surface area contributed by atoms with Crippen molar-refractivity contribution in [3.8, 4) is 0 Å². The molecular formula is C10H17NO3S. The lowest BCUT2D eigenvalue weighted by atomic mass is 10.2. The van der Waals surface area contributed by atoms with Crippen molar-refractivity contribution < 1.29 is 17.5 Å². The minimum Gasteiger partial charge on any atom is -0.748 e. The Balaban J connectivity index is 0.000000336. The molecule has 0 aliphatic heterocycles. The van der Waals surface area contributed by atoms with Crippen LogP contribution in [0.25, 0.3) is 0 Å². The number of pyridine rings is 1.